The van der Waals surface area contributed by atoms with E-state index in [1.807, 2.05) is 37.3 Å². The van der Waals surface area contributed by atoms with Crippen molar-refractivity contribution < 1.29 is 24.2 Å². The Morgan fingerprint density at radius 3 is 2.52 bits per heavy atom. The van der Waals surface area contributed by atoms with Crippen molar-refractivity contribution in [2.75, 3.05) is 6.61 Å². The average molecular weight is 402 g/mol. The van der Waals surface area contributed by atoms with Gasteiger partial charge in [0.05, 0.1) is 12.9 Å². The van der Waals surface area contributed by atoms with Crippen molar-refractivity contribution in [3.63, 3.8) is 0 Å². The van der Waals surface area contributed by atoms with E-state index in [-0.39, 0.29) is 19.4 Å². The number of amides is 2. The minimum absolute atomic E-state index is 0.0417. The van der Waals surface area contributed by atoms with Gasteiger partial charge >= 0.3 is 12.1 Å². The van der Waals surface area contributed by atoms with Gasteiger partial charge in [-0.3, -0.25) is 4.79 Å². The molecule has 9 heteroatoms. The fraction of sp³-hybridized carbons (Fsp3) is 0.400. The van der Waals surface area contributed by atoms with Crippen LogP contribution in [0.25, 0.3) is 0 Å². The van der Waals surface area contributed by atoms with Crippen molar-refractivity contribution in [3.8, 4) is 0 Å². The van der Waals surface area contributed by atoms with Gasteiger partial charge in [0.1, 0.15) is 12.1 Å². The highest BCUT2D eigenvalue weighted by Crippen LogP contribution is 2.06. The molecule has 2 atom stereocenters. The number of unbranched alkanes of at least 4 members (excludes halogenated alkanes) is 1. The molecule has 0 saturated carbocycles. The summed E-state index contributed by atoms with van der Waals surface area (Å²) in [7, 11) is 0. The third-order valence-corrected chi connectivity index (χ3v) is 4.22. The molecule has 0 aliphatic rings. The zero-order chi connectivity index (χ0) is 21.1. The summed E-state index contributed by atoms with van der Waals surface area (Å²) in [6.45, 7) is 2.22. The maximum absolute atomic E-state index is 12.8. The fourth-order valence-corrected chi connectivity index (χ4v) is 2.64. The number of alkyl carbamates (subject to hydrolysis) is 1. The molecular formula is C20H26N4O5. The summed E-state index contributed by atoms with van der Waals surface area (Å²) >= 11 is 0. The Morgan fingerprint density at radius 2 is 1.90 bits per heavy atom. The molecule has 0 unspecified atom stereocenters. The molecule has 0 fully saturated rings. The minimum Gasteiger partial charge on any atom is -0.480 e. The first-order chi connectivity index (χ1) is 14.0. The fourth-order valence-electron chi connectivity index (χ4n) is 2.64. The van der Waals surface area contributed by atoms with Crippen LogP contribution in [0.15, 0.2) is 42.9 Å². The normalized spacial score (nSPS) is 12.6. The van der Waals surface area contributed by atoms with Crippen LogP contribution in [0.5, 0.6) is 0 Å². The van der Waals surface area contributed by atoms with E-state index in [0.29, 0.717) is 12.1 Å². The van der Waals surface area contributed by atoms with Crippen LogP contribution in [0, 0.1) is 0 Å². The quantitative estimate of drug-likeness (QED) is 0.423. The van der Waals surface area contributed by atoms with Gasteiger partial charge < -0.3 is 25.5 Å². The van der Waals surface area contributed by atoms with Crippen LogP contribution in [-0.4, -0.2) is 51.7 Å². The third kappa shape index (κ3) is 7.65. The number of rotatable bonds is 11. The number of aromatic amines is 1. The van der Waals surface area contributed by atoms with E-state index in [4.69, 9.17) is 4.74 Å². The highest BCUT2D eigenvalue weighted by atomic mass is 16.5. The van der Waals surface area contributed by atoms with Crippen molar-refractivity contribution in [2.45, 2.75) is 44.7 Å². The Balaban J connectivity index is 2.06. The molecule has 0 radical (unpaired) electrons. The summed E-state index contributed by atoms with van der Waals surface area (Å²) in [5.41, 5.74) is 1.39. The zero-order valence-corrected chi connectivity index (χ0v) is 16.3. The van der Waals surface area contributed by atoms with Crippen molar-refractivity contribution in [2.24, 2.45) is 0 Å². The predicted octanol–water partition coefficient (Wildman–Crippen LogP) is 1.66. The maximum atomic E-state index is 12.8. The number of imidazole rings is 1. The third-order valence-electron chi connectivity index (χ3n) is 4.22. The number of carbonyl (C=O) groups is 3. The molecule has 1 aromatic carbocycles. The van der Waals surface area contributed by atoms with Crippen LogP contribution in [-0.2, 0) is 27.2 Å². The first-order valence-corrected chi connectivity index (χ1v) is 9.47. The van der Waals surface area contributed by atoms with E-state index < -0.39 is 30.1 Å². The van der Waals surface area contributed by atoms with Gasteiger partial charge in [0.25, 0.3) is 0 Å². The van der Waals surface area contributed by atoms with Gasteiger partial charge in [-0.05, 0) is 12.0 Å². The largest absolute Gasteiger partial charge is 0.480 e. The zero-order valence-electron chi connectivity index (χ0n) is 16.3. The number of hydrogen-bond donors (Lipinski definition) is 4. The van der Waals surface area contributed by atoms with Crippen molar-refractivity contribution in [1.29, 1.82) is 0 Å². The number of nitrogens with zero attached hydrogens (tertiary/aromatic N) is 1. The molecule has 0 aliphatic carbocycles. The van der Waals surface area contributed by atoms with Gasteiger partial charge in [0.15, 0.2) is 0 Å². The number of aromatic nitrogens is 2. The molecule has 2 rings (SSSR count). The van der Waals surface area contributed by atoms with Gasteiger partial charge in [0, 0.05) is 24.7 Å². The number of hydrogen-bond acceptors (Lipinski definition) is 5. The molecule has 1 heterocycles. The molecule has 0 saturated heterocycles. The molecule has 0 spiro atoms. The van der Waals surface area contributed by atoms with Crippen LogP contribution in [0.2, 0.25) is 0 Å². The number of benzene rings is 1. The Kier molecular flexibility index (Phi) is 8.68. The summed E-state index contributed by atoms with van der Waals surface area (Å²) in [6, 6.07) is 6.99. The first kappa shape index (κ1) is 21.9. The Bertz CT molecular complexity index is 779. The first-order valence-electron chi connectivity index (χ1n) is 9.47. The lowest BCUT2D eigenvalue weighted by molar-refractivity contribution is -0.142. The van der Waals surface area contributed by atoms with E-state index in [9.17, 15) is 19.5 Å². The highest BCUT2D eigenvalue weighted by molar-refractivity contribution is 5.89. The number of nitrogens with one attached hydrogen (secondary N) is 3. The van der Waals surface area contributed by atoms with E-state index in [0.717, 1.165) is 12.0 Å². The van der Waals surface area contributed by atoms with Gasteiger partial charge in [-0.15, -0.1) is 0 Å². The van der Waals surface area contributed by atoms with E-state index in [1.165, 1.54) is 12.5 Å². The highest BCUT2D eigenvalue weighted by Gasteiger charge is 2.27. The predicted molar refractivity (Wildman–Crippen MR) is 105 cm³/mol. The van der Waals surface area contributed by atoms with Crippen LogP contribution < -0.4 is 10.6 Å². The lowest BCUT2D eigenvalue weighted by Gasteiger charge is -2.21. The molecule has 29 heavy (non-hydrogen) atoms. The van der Waals surface area contributed by atoms with Crippen molar-refractivity contribution in [3.05, 3.63) is 54.1 Å². The molecule has 0 aliphatic heterocycles. The summed E-state index contributed by atoms with van der Waals surface area (Å²) in [5.74, 6) is -1.79. The Hall–Kier alpha value is -3.36. The SMILES string of the molecule is CCCCOC(=O)N[C@@H](Cc1ccccc1)C(=O)N[C@@H](Cc1cnc[nH]1)C(=O)O. The topological polar surface area (TPSA) is 133 Å². The summed E-state index contributed by atoms with van der Waals surface area (Å²) in [6.07, 6.45) is 4.04. The van der Waals surface area contributed by atoms with E-state index in [2.05, 4.69) is 20.6 Å². The van der Waals surface area contributed by atoms with E-state index >= 15 is 0 Å². The number of ether oxygens (including phenoxy) is 1. The molecule has 1 aromatic heterocycles. The number of carbonyl (C=O) groups excluding carboxylic acids is 2. The van der Waals surface area contributed by atoms with Crippen LogP contribution in [0.1, 0.15) is 31.0 Å². The second kappa shape index (κ2) is 11.5. The molecule has 2 aromatic rings. The lowest BCUT2D eigenvalue weighted by Crippen LogP contribution is -2.53. The summed E-state index contributed by atoms with van der Waals surface area (Å²) < 4.78 is 5.08. The maximum Gasteiger partial charge on any atom is 0.407 e. The average Bonchev–Trinajstić information content (AvgIpc) is 3.21. The molecular weight excluding hydrogens is 376 g/mol. The molecule has 9 nitrogen and oxygen atoms in total. The second-order valence-electron chi connectivity index (χ2n) is 6.56. The second-order valence-corrected chi connectivity index (χ2v) is 6.56. The van der Waals surface area contributed by atoms with Crippen molar-refractivity contribution in [1.82, 2.24) is 20.6 Å². The smallest absolute Gasteiger partial charge is 0.407 e. The summed E-state index contributed by atoms with van der Waals surface area (Å²) in [5, 5.41) is 14.5. The van der Waals surface area contributed by atoms with Gasteiger partial charge in [0.2, 0.25) is 5.91 Å². The monoisotopic (exact) mass is 402 g/mol. The lowest BCUT2D eigenvalue weighted by atomic mass is 10.0. The molecule has 4 N–H and O–H groups in total. The van der Waals surface area contributed by atoms with Crippen LogP contribution in [0.4, 0.5) is 4.79 Å². The van der Waals surface area contributed by atoms with Gasteiger partial charge in [-0.2, -0.15) is 0 Å². The Morgan fingerprint density at radius 1 is 1.14 bits per heavy atom. The van der Waals surface area contributed by atoms with E-state index in [1.54, 1.807) is 0 Å². The van der Waals surface area contributed by atoms with Gasteiger partial charge in [-0.1, -0.05) is 43.7 Å². The molecule has 156 valence electrons. The Labute approximate surface area is 168 Å². The standard InChI is InChI=1S/C20H26N4O5/c1-2-3-9-29-20(28)24-16(10-14-7-5-4-6-8-14)18(25)23-17(19(26)27)11-15-12-21-13-22-15/h4-8,12-13,16-17H,2-3,9-11H2,1H3,(H,21,22)(H,23,25)(H,24,28)(H,26,27)/t16-,17-/m0/s1. The van der Waals surface area contributed by atoms with Gasteiger partial charge in [-0.25, -0.2) is 14.6 Å². The minimum atomic E-state index is -1.18. The molecule has 0 bridgehead atoms. The van der Waals surface area contributed by atoms with Crippen LogP contribution in [0.3, 0.4) is 0 Å². The number of carboxylic acid groups (broad SMARTS) is 1. The van der Waals surface area contributed by atoms with Crippen LogP contribution >= 0.6 is 0 Å². The number of H-pyrrole nitrogens is 1. The van der Waals surface area contributed by atoms with Crippen molar-refractivity contribution >= 4 is 18.0 Å². The number of aliphatic carboxylic acids is 1. The summed E-state index contributed by atoms with van der Waals surface area (Å²) in [4.78, 5) is 43.1. The molecule has 2 amide bonds. The number of carboxylic acids is 1.